The third-order valence-electron chi connectivity index (χ3n) is 2.53. The molecule has 1 unspecified atom stereocenters. The molecule has 0 radical (unpaired) electrons. The molecule has 1 aromatic carbocycles. The highest BCUT2D eigenvalue weighted by Gasteiger charge is 2.23. The highest BCUT2D eigenvalue weighted by Crippen LogP contribution is 2.31. The Morgan fingerprint density at radius 1 is 1.45 bits per heavy atom. The topological polar surface area (TPSA) is 46.5 Å². The second-order valence-corrected chi connectivity index (χ2v) is 4.78. The predicted octanol–water partition coefficient (Wildman–Crippen LogP) is 4.09. The van der Waals surface area contributed by atoms with E-state index in [1.165, 1.54) is 12.1 Å². The van der Waals surface area contributed by atoms with E-state index >= 15 is 0 Å². The number of ether oxygens (including phenoxy) is 1. The average Bonchev–Trinajstić information content (AvgIpc) is 2.39. The molecule has 108 valence electrons. The molecule has 0 heterocycles. The molecule has 0 aromatic heterocycles. The third kappa shape index (κ3) is 4.37. The number of hydrogen-bond donors (Lipinski definition) is 1. The van der Waals surface area contributed by atoms with E-state index in [1.54, 1.807) is 38.1 Å². The van der Waals surface area contributed by atoms with Crippen molar-refractivity contribution in [1.82, 2.24) is 0 Å². The molecule has 1 N–H and O–H groups in total. The molecule has 0 amide bonds. The van der Waals surface area contributed by atoms with Crippen molar-refractivity contribution in [3.8, 4) is 0 Å². The van der Waals surface area contributed by atoms with Crippen LogP contribution in [0.15, 0.2) is 42.0 Å². The number of carbonyl (C=O) groups excluding carboxylic acids is 1. The number of rotatable bonds is 5. The summed E-state index contributed by atoms with van der Waals surface area (Å²) in [7, 11) is 0. The highest BCUT2D eigenvalue weighted by atomic mass is 35.5. The molecular weight excluding hydrogens is 299 g/mol. The van der Waals surface area contributed by atoms with Crippen LogP contribution in [0.5, 0.6) is 0 Å². The Morgan fingerprint density at radius 2 is 2.15 bits per heavy atom. The van der Waals surface area contributed by atoms with Gasteiger partial charge < -0.3 is 9.84 Å². The van der Waals surface area contributed by atoms with Crippen LogP contribution in [0.1, 0.15) is 25.5 Å². The smallest absolute Gasteiger partial charge is 0.337 e. The highest BCUT2D eigenvalue weighted by molar-refractivity contribution is 6.35. The van der Waals surface area contributed by atoms with E-state index in [0.29, 0.717) is 15.6 Å². The minimum absolute atomic E-state index is 0.120. The van der Waals surface area contributed by atoms with E-state index in [2.05, 4.69) is 0 Å². The van der Waals surface area contributed by atoms with Crippen LogP contribution in [0.2, 0.25) is 10.0 Å². The first kappa shape index (κ1) is 16.8. The maximum absolute atomic E-state index is 11.9. The van der Waals surface area contributed by atoms with Gasteiger partial charge in [0.25, 0.3) is 0 Å². The molecule has 1 rings (SSSR count). The SMILES string of the molecule is C/C=C/C=C(/C(=O)OCC)C(O)c1ccc(Cl)cc1Cl. The summed E-state index contributed by atoms with van der Waals surface area (Å²) in [5.74, 6) is -0.580. The van der Waals surface area contributed by atoms with Gasteiger partial charge in [0.05, 0.1) is 12.2 Å². The molecule has 0 spiro atoms. The van der Waals surface area contributed by atoms with Crippen molar-refractivity contribution in [2.75, 3.05) is 6.61 Å². The van der Waals surface area contributed by atoms with E-state index in [4.69, 9.17) is 27.9 Å². The van der Waals surface area contributed by atoms with Crippen LogP contribution in [-0.2, 0) is 9.53 Å². The van der Waals surface area contributed by atoms with Crippen molar-refractivity contribution in [2.24, 2.45) is 0 Å². The molecule has 5 heteroatoms. The largest absolute Gasteiger partial charge is 0.463 e. The fraction of sp³-hybridized carbons (Fsp3) is 0.267. The van der Waals surface area contributed by atoms with E-state index in [0.717, 1.165) is 0 Å². The molecule has 1 aromatic rings. The summed E-state index contributed by atoms with van der Waals surface area (Å²) in [6.45, 7) is 3.74. The van der Waals surface area contributed by atoms with Gasteiger partial charge in [0.2, 0.25) is 0 Å². The van der Waals surface area contributed by atoms with Crippen LogP contribution in [-0.4, -0.2) is 17.7 Å². The Balaban J connectivity index is 3.16. The number of hydrogen-bond acceptors (Lipinski definition) is 3. The van der Waals surface area contributed by atoms with Crippen molar-refractivity contribution in [3.05, 3.63) is 57.6 Å². The molecule has 0 aliphatic rings. The van der Waals surface area contributed by atoms with Crippen LogP contribution in [0.25, 0.3) is 0 Å². The van der Waals surface area contributed by atoms with Crippen molar-refractivity contribution >= 4 is 29.2 Å². The van der Waals surface area contributed by atoms with E-state index in [-0.39, 0.29) is 12.2 Å². The molecule has 1 atom stereocenters. The summed E-state index contributed by atoms with van der Waals surface area (Å²) in [5.41, 5.74) is 0.522. The summed E-state index contributed by atoms with van der Waals surface area (Å²) in [6, 6.07) is 4.70. The van der Waals surface area contributed by atoms with Gasteiger partial charge in [0, 0.05) is 15.6 Å². The number of benzene rings is 1. The molecule has 20 heavy (non-hydrogen) atoms. The third-order valence-corrected chi connectivity index (χ3v) is 3.09. The summed E-state index contributed by atoms with van der Waals surface area (Å²) >= 11 is 11.9. The molecule has 0 fully saturated rings. The minimum Gasteiger partial charge on any atom is -0.463 e. The normalized spacial score (nSPS) is 13.6. The number of allylic oxidation sites excluding steroid dienone is 3. The first-order valence-electron chi connectivity index (χ1n) is 6.14. The van der Waals surface area contributed by atoms with Crippen molar-refractivity contribution in [3.63, 3.8) is 0 Å². The van der Waals surface area contributed by atoms with E-state index in [1.807, 2.05) is 0 Å². The second-order valence-electron chi connectivity index (χ2n) is 3.94. The monoisotopic (exact) mass is 314 g/mol. The summed E-state index contributed by atoms with van der Waals surface area (Å²) in [4.78, 5) is 11.9. The van der Waals surface area contributed by atoms with Gasteiger partial charge >= 0.3 is 5.97 Å². The van der Waals surface area contributed by atoms with Gasteiger partial charge in [0.1, 0.15) is 6.10 Å². The van der Waals surface area contributed by atoms with Crippen molar-refractivity contribution < 1.29 is 14.6 Å². The number of aliphatic hydroxyl groups is 1. The fourth-order valence-corrected chi connectivity index (χ4v) is 2.09. The molecule has 0 aliphatic carbocycles. The van der Waals surface area contributed by atoms with Crippen molar-refractivity contribution in [1.29, 1.82) is 0 Å². The zero-order valence-electron chi connectivity index (χ0n) is 11.3. The summed E-state index contributed by atoms with van der Waals surface area (Å²) in [5, 5.41) is 11.1. The first-order chi connectivity index (χ1) is 9.51. The van der Waals surface area contributed by atoms with Gasteiger partial charge in [-0.2, -0.15) is 0 Å². The number of halogens is 2. The second kappa shape index (κ2) is 8.10. The Bertz CT molecular complexity index is 536. The summed E-state index contributed by atoms with van der Waals surface area (Å²) < 4.78 is 4.94. The fourth-order valence-electron chi connectivity index (χ4n) is 1.58. The van der Waals surface area contributed by atoms with Gasteiger partial charge in [0.15, 0.2) is 0 Å². The van der Waals surface area contributed by atoms with Gasteiger partial charge in [-0.05, 0) is 32.1 Å². The lowest BCUT2D eigenvalue weighted by atomic mass is 10.0. The van der Waals surface area contributed by atoms with Gasteiger partial charge in [-0.3, -0.25) is 0 Å². The number of aliphatic hydroxyl groups excluding tert-OH is 1. The Hall–Kier alpha value is -1.29. The molecular formula is C15H16Cl2O3. The Kier molecular flexibility index (Phi) is 6.79. The van der Waals surface area contributed by atoms with Gasteiger partial charge in [-0.15, -0.1) is 0 Å². The number of esters is 1. The van der Waals surface area contributed by atoms with Crippen LogP contribution in [0.4, 0.5) is 0 Å². The molecule has 0 aliphatic heterocycles. The van der Waals surface area contributed by atoms with Crippen LogP contribution < -0.4 is 0 Å². The van der Waals surface area contributed by atoms with Gasteiger partial charge in [-0.1, -0.05) is 41.4 Å². The minimum atomic E-state index is -1.17. The molecule has 0 bridgehead atoms. The van der Waals surface area contributed by atoms with Crippen LogP contribution in [0.3, 0.4) is 0 Å². The van der Waals surface area contributed by atoms with Crippen LogP contribution >= 0.6 is 23.2 Å². The number of carbonyl (C=O) groups is 1. The van der Waals surface area contributed by atoms with Crippen molar-refractivity contribution in [2.45, 2.75) is 20.0 Å². The average molecular weight is 315 g/mol. The standard InChI is InChI=1S/C15H16Cl2O3/c1-3-5-6-12(15(19)20-4-2)14(18)11-8-7-10(16)9-13(11)17/h3,5-9,14,18H,4H2,1-2H3/b5-3+,12-6+. The molecule has 0 saturated heterocycles. The maximum atomic E-state index is 11.9. The Labute approximate surface area is 128 Å². The maximum Gasteiger partial charge on any atom is 0.337 e. The zero-order valence-corrected chi connectivity index (χ0v) is 12.8. The summed E-state index contributed by atoms with van der Waals surface area (Å²) in [6.07, 6.45) is 3.73. The van der Waals surface area contributed by atoms with E-state index < -0.39 is 12.1 Å². The lowest BCUT2D eigenvalue weighted by Crippen LogP contribution is -2.15. The lowest BCUT2D eigenvalue weighted by molar-refractivity contribution is -0.139. The first-order valence-corrected chi connectivity index (χ1v) is 6.89. The predicted molar refractivity (Wildman–Crippen MR) is 81.0 cm³/mol. The zero-order chi connectivity index (χ0) is 15.1. The lowest BCUT2D eigenvalue weighted by Gasteiger charge is -2.15. The van der Waals surface area contributed by atoms with E-state index in [9.17, 15) is 9.90 Å². The van der Waals surface area contributed by atoms with Gasteiger partial charge in [-0.25, -0.2) is 4.79 Å². The Morgan fingerprint density at radius 3 is 2.70 bits per heavy atom. The molecule has 0 saturated carbocycles. The molecule has 3 nitrogen and oxygen atoms in total. The van der Waals surface area contributed by atoms with Crippen LogP contribution in [0, 0.1) is 0 Å². The quantitative estimate of drug-likeness (QED) is 0.506.